The van der Waals surface area contributed by atoms with Crippen molar-refractivity contribution in [1.29, 1.82) is 5.41 Å². The van der Waals surface area contributed by atoms with Gasteiger partial charge in [0.2, 0.25) is 0 Å². The summed E-state index contributed by atoms with van der Waals surface area (Å²) in [5, 5.41) is 16.5. The monoisotopic (exact) mass is 301 g/mol. The molecule has 1 aliphatic heterocycles. The Morgan fingerprint density at radius 2 is 2.10 bits per heavy atom. The van der Waals surface area contributed by atoms with Crippen LogP contribution in [0, 0.1) is 23.1 Å². The van der Waals surface area contributed by atoms with E-state index in [-0.39, 0.29) is 5.82 Å². The molecule has 5 heteroatoms. The molecule has 0 amide bonds. The van der Waals surface area contributed by atoms with Crippen LogP contribution < -0.4 is 10.6 Å². The second kappa shape index (κ2) is 7.55. The highest BCUT2D eigenvalue weighted by molar-refractivity contribution is 8.17. The number of thioether (sulfide) groups is 1. The Labute approximate surface area is 128 Å². The summed E-state index contributed by atoms with van der Waals surface area (Å²) in [5.41, 5.74) is 1.68. The summed E-state index contributed by atoms with van der Waals surface area (Å²) in [6, 6.07) is 6.14. The van der Waals surface area contributed by atoms with E-state index in [1.807, 2.05) is 18.5 Å². The Hall–Kier alpha value is -2.19. The predicted octanol–water partition coefficient (Wildman–Crippen LogP) is 2.83. The van der Waals surface area contributed by atoms with Gasteiger partial charge in [0.25, 0.3) is 0 Å². The molecule has 0 atom stereocenters. The van der Waals surface area contributed by atoms with E-state index in [1.165, 1.54) is 23.9 Å². The molecule has 3 N–H and O–H groups in total. The quantitative estimate of drug-likeness (QED) is 0.592. The summed E-state index contributed by atoms with van der Waals surface area (Å²) in [4.78, 5) is 0. The first-order valence-corrected chi connectivity index (χ1v) is 7.41. The highest BCUT2D eigenvalue weighted by Gasteiger charge is 2.12. The van der Waals surface area contributed by atoms with Crippen LogP contribution in [-0.4, -0.2) is 18.6 Å². The van der Waals surface area contributed by atoms with Crippen molar-refractivity contribution in [3.05, 3.63) is 58.5 Å². The van der Waals surface area contributed by atoms with E-state index in [9.17, 15) is 4.39 Å². The largest absolute Gasteiger partial charge is 0.374 e. The minimum Gasteiger partial charge on any atom is -0.374 e. The fourth-order valence-corrected chi connectivity index (χ4v) is 2.41. The predicted molar refractivity (Wildman–Crippen MR) is 86.4 cm³/mol. The highest BCUT2D eigenvalue weighted by atomic mass is 32.2. The highest BCUT2D eigenvalue weighted by Crippen LogP contribution is 2.23. The van der Waals surface area contributed by atoms with Crippen molar-refractivity contribution in [3.63, 3.8) is 0 Å². The molecule has 1 aromatic rings. The first-order valence-electron chi connectivity index (χ1n) is 6.53. The van der Waals surface area contributed by atoms with Gasteiger partial charge in [0, 0.05) is 31.1 Å². The van der Waals surface area contributed by atoms with Gasteiger partial charge in [-0.2, -0.15) is 0 Å². The molecule has 3 nitrogen and oxygen atoms in total. The van der Waals surface area contributed by atoms with Crippen molar-refractivity contribution in [1.82, 2.24) is 10.6 Å². The summed E-state index contributed by atoms with van der Waals surface area (Å²) in [7, 11) is 1.82. The average molecular weight is 301 g/mol. The van der Waals surface area contributed by atoms with E-state index in [4.69, 9.17) is 5.41 Å². The van der Waals surface area contributed by atoms with E-state index < -0.39 is 0 Å². The molecule has 21 heavy (non-hydrogen) atoms. The van der Waals surface area contributed by atoms with Crippen LogP contribution in [0.3, 0.4) is 0 Å². The lowest BCUT2D eigenvalue weighted by Crippen LogP contribution is -2.26. The second-order valence-electron chi connectivity index (χ2n) is 4.27. The molecular weight excluding hydrogens is 285 g/mol. The molecule has 1 heterocycles. The normalized spacial score (nSPS) is 15.4. The SMILES string of the molecule is CN/C(NCCC#Cc1ccc(F)cc1)=C1/C=CSC1=N. The molecule has 0 spiro atoms. The van der Waals surface area contributed by atoms with E-state index in [0.717, 1.165) is 17.0 Å². The van der Waals surface area contributed by atoms with Crippen molar-refractivity contribution in [3.8, 4) is 11.8 Å². The minimum atomic E-state index is -0.252. The smallest absolute Gasteiger partial charge is 0.123 e. The summed E-state index contributed by atoms with van der Waals surface area (Å²) < 4.78 is 12.7. The van der Waals surface area contributed by atoms with Crippen LogP contribution in [0.5, 0.6) is 0 Å². The number of rotatable bonds is 4. The average Bonchev–Trinajstić information content (AvgIpc) is 2.91. The molecule has 1 aromatic carbocycles. The van der Waals surface area contributed by atoms with Crippen molar-refractivity contribution in [2.75, 3.05) is 13.6 Å². The maximum Gasteiger partial charge on any atom is 0.123 e. The molecule has 0 fully saturated rings. The standard InChI is InChI=1S/C16H16FN3S/c1-19-16(14-9-11-21-15(14)18)20-10-3-2-4-12-5-7-13(17)8-6-12/h5-9,11,18-20H,3,10H2,1H3/b16-14+,18-15?. The van der Waals surface area contributed by atoms with Gasteiger partial charge in [0.1, 0.15) is 16.7 Å². The number of hydrogen-bond acceptors (Lipinski definition) is 4. The lowest BCUT2D eigenvalue weighted by molar-refractivity contribution is 0.627. The van der Waals surface area contributed by atoms with Gasteiger partial charge in [0.05, 0.1) is 0 Å². The Kier molecular flexibility index (Phi) is 5.47. The van der Waals surface area contributed by atoms with E-state index in [0.29, 0.717) is 18.0 Å². The summed E-state index contributed by atoms with van der Waals surface area (Å²) in [6.07, 6.45) is 2.58. The molecule has 2 rings (SSSR count). The topological polar surface area (TPSA) is 47.9 Å². The van der Waals surface area contributed by atoms with Crippen LogP contribution in [0.25, 0.3) is 0 Å². The number of allylic oxidation sites excluding steroid dienone is 1. The Balaban J connectivity index is 1.86. The van der Waals surface area contributed by atoms with Gasteiger partial charge in [-0.3, -0.25) is 5.41 Å². The van der Waals surface area contributed by atoms with Gasteiger partial charge in [0.15, 0.2) is 0 Å². The van der Waals surface area contributed by atoms with Gasteiger partial charge in [-0.25, -0.2) is 4.39 Å². The summed E-state index contributed by atoms with van der Waals surface area (Å²) in [6.45, 7) is 0.680. The Morgan fingerprint density at radius 3 is 2.71 bits per heavy atom. The third-order valence-corrected chi connectivity index (χ3v) is 3.54. The maximum absolute atomic E-state index is 12.7. The first kappa shape index (κ1) is 15.2. The van der Waals surface area contributed by atoms with Crippen molar-refractivity contribution in [2.24, 2.45) is 0 Å². The molecule has 0 saturated heterocycles. The van der Waals surface area contributed by atoms with Crippen LogP contribution in [0.2, 0.25) is 0 Å². The fraction of sp³-hybridized carbons (Fsp3) is 0.188. The number of hydrogen-bond donors (Lipinski definition) is 3. The second-order valence-corrected chi connectivity index (χ2v) is 5.19. The molecule has 0 saturated carbocycles. The Morgan fingerprint density at radius 1 is 1.33 bits per heavy atom. The van der Waals surface area contributed by atoms with Crippen molar-refractivity contribution in [2.45, 2.75) is 6.42 Å². The van der Waals surface area contributed by atoms with Crippen LogP contribution in [0.4, 0.5) is 4.39 Å². The number of benzene rings is 1. The van der Waals surface area contributed by atoms with Gasteiger partial charge in [-0.15, -0.1) is 0 Å². The van der Waals surface area contributed by atoms with Crippen molar-refractivity contribution >= 4 is 16.8 Å². The number of halogens is 1. The van der Waals surface area contributed by atoms with Crippen LogP contribution in [0.15, 0.2) is 47.1 Å². The van der Waals surface area contributed by atoms with E-state index in [1.54, 1.807) is 12.1 Å². The van der Waals surface area contributed by atoms with E-state index in [2.05, 4.69) is 22.5 Å². The lowest BCUT2D eigenvalue weighted by atomic mass is 10.2. The third kappa shape index (κ3) is 4.40. The molecule has 0 aromatic heterocycles. The zero-order valence-electron chi connectivity index (χ0n) is 11.7. The molecule has 0 bridgehead atoms. The molecule has 0 unspecified atom stereocenters. The molecule has 0 aliphatic carbocycles. The van der Waals surface area contributed by atoms with Crippen LogP contribution in [-0.2, 0) is 0 Å². The summed E-state index contributed by atoms with van der Waals surface area (Å²) in [5.74, 6) is 6.61. The molecule has 108 valence electrons. The maximum atomic E-state index is 12.7. The van der Waals surface area contributed by atoms with Gasteiger partial charge in [-0.1, -0.05) is 23.6 Å². The zero-order chi connectivity index (χ0) is 15.1. The van der Waals surface area contributed by atoms with Crippen LogP contribution in [0.1, 0.15) is 12.0 Å². The third-order valence-electron chi connectivity index (χ3n) is 2.81. The van der Waals surface area contributed by atoms with Gasteiger partial charge >= 0.3 is 0 Å². The van der Waals surface area contributed by atoms with Gasteiger partial charge in [-0.05, 0) is 35.7 Å². The van der Waals surface area contributed by atoms with E-state index >= 15 is 0 Å². The lowest BCUT2D eigenvalue weighted by Gasteiger charge is -2.11. The zero-order valence-corrected chi connectivity index (χ0v) is 12.5. The van der Waals surface area contributed by atoms with Crippen molar-refractivity contribution < 1.29 is 4.39 Å². The fourth-order valence-electron chi connectivity index (χ4n) is 1.77. The molecule has 1 aliphatic rings. The first-order chi connectivity index (χ1) is 10.2. The molecular formula is C16H16FN3S. The number of nitrogens with one attached hydrogen (secondary N) is 3. The Bertz CT molecular complexity index is 636. The van der Waals surface area contributed by atoms with Gasteiger partial charge < -0.3 is 10.6 Å². The summed E-state index contributed by atoms with van der Waals surface area (Å²) >= 11 is 1.40. The molecule has 0 radical (unpaired) electrons. The van der Waals surface area contributed by atoms with Crippen LogP contribution >= 0.6 is 11.8 Å². The minimum absolute atomic E-state index is 0.252.